The third-order valence-corrected chi connectivity index (χ3v) is 3.48. The lowest BCUT2D eigenvalue weighted by Crippen LogP contribution is -2.33. The fourth-order valence-corrected chi connectivity index (χ4v) is 2.12. The molecule has 0 atom stereocenters. The average molecular weight is 363 g/mol. The second-order valence-corrected chi connectivity index (χ2v) is 5.58. The van der Waals surface area contributed by atoms with Crippen molar-refractivity contribution in [3.63, 3.8) is 0 Å². The number of benzene rings is 2. The van der Waals surface area contributed by atoms with Crippen molar-refractivity contribution in [3.05, 3.63) is 76.1 Å². The Hall–Kier alpha value is -2.14. The van der Waals surface area contributed by atoms with Gasteiger partial charge in [0.25, 0.3) is 0 Å². The van der Waals surface area contributed by atoms with E-state index in [1.165, 1.54) is 12.1 Å². The summed E-state index contributed by atoms with van der Waals surface area (Å²) in [5.74, 6) is -0.264. The largest absolute Gasteiger partial charge is 0.338 e. The third-order valence-electron chi connectivity index (χ3n) is 2.95. The van der Waals surface area contributed by atoms with Gasteiger partial charge in [-0.25, -0.2) is 9.18 Å². The van der Waals surface area contributed by atoms with Gasteiger partial charge in [0.2, 0.25) is 0 Å². The summed E-state index contributed by atoms with van der Waals surface area (Å²) in [7, 11) is 0. The van der Waals surface area contributed by atoms with Crippen LogP contribution in [0.3, 0.4) is 0 Å². The Labute approximate surface area is 137 Å². The molecule has 0 spiro atoms. The normalized spacial score (nSPS) is 10.6. The molecule has 2 rings (SSSR count). The molecule has 2 aromatic rings. The van der Waals surface area contributed by atoms with Crippen molar-refractivity contribution in [2.45, 2.75) is 6.42 Å². The van der Waals surface area contributed by atoms with Crippen LogP contribution in [0.5, 0.6) is 0 Å². The van der Waals surface area contributed by atoms with Crippen LogP contribution in [-0.4, -0.2) is 12.6 Å². The Kier molecular flexibility index (Phi) is 6.15. The second-order valence-electron chi connectivity index (χ2n) is 4.67. The lowest BCUT2D eigenvalue weighted by molar-refractivity contribution is 0.244. The number of amides is 2. The maximum Gasteiger partial charge on any atom is 0.318 e. The second kappa shape index (κ2) is 8.34. The molecular formula is C17H16BrFN2O. The van der Waals surface area contributed by atoms with Gasteiger partial charge < -0.3 is 10.6 Å². The number of hydrogen-bond donors (Lipinski definition) is 2. The minimum atomic E-state index is -0.287. The van der Waals surface area contributed by atoms with E-state index in [1.807, 2.05) is 30.3 Å². The number of halogens is 2. The molecule has 0 saturated heterocycles. The van der Waals surface area contributed by atoms with Crippen molar-refractivity contribution < 1.29 is 9.18 Å². The van der Waals surface area contributed by atoms with E-state index in [2.05, 4.69) is 26.6 Å². The summed E-state index contributed by atoms with van der Waals surface area (Å²) in [6.45, 7) is 0.446. The van der Waals surface area contributed by atoms with Crippen molar-refractivity contribution >= 4 is 28.0 Å². The van der Waals surface area contributed by atoms with Crippen molar-refractivity contribution in [2.24, 2.45) is 0 Å². The van der Waals surface area contributed by atoms with E-state index in [0.29, 0.717) is 13.0 Å². The van der Waals surface area contributed by atoms with E-state index in [-0.39, 0.29) is 11.8 Å². The monoisotopic (exact) mass is 362 g/mol. The Bertz CT molecular complexity index is 656. The molecule has 0 unspecified atom stereocenters. The smallest absolute Gasteiger partial charge is 0.318 e. The van der Waals surface area contributed by atoms with Gasteiger partial charge >= 0.3 is 6.03 Å². The predicted molar refractivity (Wildman–Crippen MR) is 89.8 cm³/mol. The van der Waals surface area contributed by atoms with Gasteiger partial charge in [-0.2, -0.15) is 0 Å². The molecule has 0 bridgehead atoms. The van der Waals surface area contributed by atoms with E-state index in [1.54, 1.807) is 18.3 Å². The van der Waals surface area contributed by atoms with Crippen LogP contribution in [0.15, 0.2) is 59.2 Å². The molecule has 0 saturated carbocycles. The zero-order chi connectivity index (χ0) is 15.8. The van der Waals surface area contributed by atoms with Gasteiger partial charge in [-0.15, -0.1) is 0 Å². The molecular weight excluding hydrogens is 347 g/mol. The van der Waals surface area contributed by atoms with Crippen LogP contribution < -0.4 is 10.6 Å². The highest BCUT2D eigenvalue weighted by Crippen LogP contribution is 2.11. The molecule has 0 aliphatic heterocycles. The van der Waals surface area contributed by atoms with E-state index in [4.69, 9.17) is 0 Å². The quantitative estimate of drug-likeness (QED) is 0.825. The molecule has 3 nitrogen and oxygen atoms in total. The zero-order valence-corrected chi connectivity index (χ0v) is 13.4. The molecule has 114 valence electrons. The highest BCUT2D eigenvalue weighted by Gasteiger charge is 1.98. The predicted octanol–water partition coefficient (Wildman–Crippen LogP) is 4.10. The third kappa shape index (κ3) is 5.69. The summed E-state index contributed by atoms with van der Waals surface area (Å²) in [4.78, 5) is 11.6. The Morgan fingerprint density at radius 3 is 2.68 bits per heavy atom. The average Bonchev–Trinajstić information content (AvgIpc) is 2.49. The maximum absolute atomic E-state index is 13.0. The molecule has 0 aliphatic rings. The molecule has 5 heteroatoms. The van der Waals surface area contributed by atoms with E-state index < -0.39 is 0 Å². The molecule has 2 N–H and O–H groups in total. The summed E-state index contributed by atoms with van der Waals surface area (Å²) in [6, 6.07) is 13.8. The van der Waals surface area contributed by atoms with Gasteiger partial charge in [0, 0.05) is 17.2 Å². The molecule has 0 fully saturated rings. The molecule has 0 heterocycles. The molecule has 0 aliphatic carbocycles. The number of carbonyl (C=O) groups excluding carboxylic acids is 1. The van der Waals surface area contributed by atoms with Crippen LogP contribution in [0.2, 0.25) is 0 Å². The first-order chi connectivity index (χ1) is 10.6. The minimum Gasteiger partial charge on any atom is -0.338 e. The van der Waals surface area contributed by atoms with Gasteiger partial charge in [0.15, 0.2) is 0 Å². The van der Waals surface area contributed by atoms with E-state index in [9.17, 15) is 9.18 Å². The highest BCUT2D eigenvalue weighted by atomic mass is 79.9. The summed E-state index contributed by atoms with van der Waals surface area (Å²) in [6.07, 6.45) is 3.97. The molecule has 0 aromatic heterocycles. The van der Waals surface area contributed by atoms with Crippen LogP contribution in [0.1, 0.15) is 11.1 Å². The fraction of sp³-hybridized carbons (Fsp3) is 0.118. The van der Waals surface area contributed by atoms with Crippen molar-refractivity contribution in [1.82, 2.24) is 10.6 Å². The van der Waals surface area contributed by atoms with Crippen LogP contribution in [-0.2, 0) is 6.42 Å². The lowest BCUT2D eigenvalue weighted by Gasteiger charge is -2.05. The van der Waals surface area contributed by atoms with Gasteiger partial charge in [0.1, 0.15) is 5.82 Å². The van der Waals surface area contributed by atoms with Crippen molar-refractivity contribution in [1.29, 1.82) is 0 Å². The molecule has 2 aromatic carbocycles. The number of hydrogen-bond acceptors (Lipinski definition) is 1. The molecule has 0 radical (unpaired) electrons. The van der Waals surface area contributed by atoms with Crippen molar-refractivity contribution in [3.8, 4) is 0 Å². The summed E-state index contributed by atoms with van der Waals surface area (Å²) < 4.78 is 14.0. The maximum atomic E-state index is 13.0. The standard InChI is InChI=1S/C17H16BrFN2O/c18-15-6-4-13(5-7-15)8-10-20-17(22)21-11-9-14-2-1-3-16(19)12-14/h1-8,10,12H,9,11H2,(H2,20,21,22)/b10-8+. The van der Waals surface area contributed by atoms with Crippen molar-refractivity contribution in [2.75, 3.05) is 6.54 Å². The Morgan fingerprint density at radius 2 is 1.95 bits per heavy atom. The Balaban J connectivity index is 1.70. The topological polar surface area (TPSA) is 41.1 Å². The SMILES string of the molecule is O=C(N/C=C/c1ccc(Br)cc1)NCCc1cccc(F)c1. The van der Waals surface area contributed by atoms with E-state index >= 15 is 0 Å². The number of carbonyl (C=O) groups is 1. The van der Waals surface area contributed by atoms with Gasteiger partial charge in [0.05, 0.1) is 0 Å². The molecule has 22 heavy (non-hydrogen) atoms. The summed E-state index contributed by atoms with van der Waals surface area (Å²) >= 11 is 3.36. The lowest BCUT2D eigenvalue weighted by atomic mass is 10.1. The highest BCUT2D eigenvalue weighted by molar-refractivity contribution is 9.10. The minimum absolute atomic E-state index is 0.264. The van der Waals surface area contributed by atoms with Gasteiger partial charge in [-0.3, -0.25) is 0 Å². The van der Waals surface area contributed by atoms with Crippen LogP contribution in [0.4, 0.5) is 9.18 Å². The van der Waals surface area contributed by atoms with Crippen LogP contribution in [0.25, 0.3) is 6.08 Å². The Morgan fingerprint density at radius 1 is 1.18 bits per heavy atom. The molecule has 2 amide bonds. The number of urea groups is 1. The number of nitrogens with one attached hydrogen (secondary N) is 2. The number of rotatable bonds is 5. The van der Waals surface area contributed by atoms with Gasteiger partial charge in [-0.1, -0.05) is 40.2 Å². The summed E-state index contributed by atoms with van der Waals surface area (Å²) in [5.41, 5.74) is 1.84. The first-order valence-electron chi connectivity index (χ1n) is 6.84. The summed E-state index contributed by atoms with van der Waals surface area (Å²) in [5, 5.41) is 5.34. The van der Waals surface area contributed by atoms with E-state index in [0.717, 1.165) is 15.6 Å². The van der Waals surface area contributed by atoms with Crippen LogP contribution >= 0.6 is 15.9 Å². The first kappa shape index (κ1) is 16.2. The van der Waals surface area contributed by atoms with Crippen LogP contribution in [0, 0.1) is 5.82 Å². The fourth-order valence-electron chi connectivity index (χ4n) is 1.85. The first-order valence-corrected chi connectivity index (χ1v) is 7.64. The van der Waals surface area contributed by atoms with Gasteiger partial charge in [-0.05, 0) is 47.9 Å². The zero-order valence-electron chi connectivity index (χ0n) is 11.9.